The number of methoxy groups -OCH3 is 2. The molecule has 4 heteroatoms. The summed E-state index contributed by atoms with van der Waals surface area (Å²) in [5.74, 6) is -0.773. The van der Waals surface area contributed by atoms with Gasteiger partial charge in [0.05, 0.1) is 0 Å². The largest absolute Gasteiger partial charge is 0.349 e. The van der Waals surface area contributed by atoms with Crippen LogP contribution in [0.15, 0.2) is 30.3 Å². The van der Waals surface area contributed by atoms with Crippen molar-refractivity contribution in [3.05, 3.63) is 35.9 Å². The van der Waals surface area contributed by atoms with Crippen LogP contribution in [0.3, 0.4) is 0 Å². The van der Waals surface area contributed by atoms with Crippen LogP contribution in [-0.2, 0) is 18.9 Å². The highest BCUT2D eigenvalue weighted by Crippen LogP contribution is 2.28. The first-order chi connectivity index (χ1) is 7.79. The van der Waals surface area contributed by atoms with Gasteiger partial charge in [0.15, 0.2) is 6.29 Å². The summed E-state index contributed by atoms with van der Waals surface area (Å²) in [5.41, 5.74) is 1.00. The molecule has 1 aromatic rings. The van der Waals surface area contributed by atoms with E-state index in [0.29, 0.717) is 13.2 Å². The summed E-state index contributed by atoms with van der Waals surface area (Å²) in [6, 6.07) is 9.81. The van der Waals surface area contributed by atoms with Gasteiger partial charge >= 0.3 is 0 Å². The van der Waals surface area contributed by atoms with Crippen molar-refractivity contribution < 1.29 is 18.9 Å². The van der Waals surface area contributed by atoms with E-state index < -0.39 is 5.79 Å². The number of ether oxygens (including phenoxy) is 4. The maximum Gasteiger partial charge on any atom is 0.215 e. The molecular weight excluding hydrogens is 208 g/mol. The van der Waals surface area contributed by atoms with Crippen molar-refractivity contribution in [1.82, 2.24) is 0 Å². The highest BCUT2D eigenvalue weighted by molar-refractivity contribution is 5.16. The summed E-state index contributed by atoms with van der Waals surface area (Å²) in [5, 5.41) is 0. The van der Waals surface area contributed by atoms with E-state index in [1.54, 1.807) is 14.2 Å². The van der Waals surface area contributed by atoms with Crippen molar-refractivity contribution in [2.75, 3.05) is 27.4 Å². The van der Waals surface area contributed by atoms with Gasteiger partial charge in [-0.3, -0.25) is 0 Å². The third kappa shape index (κ3) is 2.25. The van der Waals surface area contributed by atoms with Crippen molar-refractivity contribution in [2.45, 2.75) is 12.1 Å². The average molecular weight is 224 g/mol. The molecular formula is C12H16O4. The molecule has 1 aliphatic heterocycles. The SMILES string of the molecule is COC1(OC)COC(c2ccccc2)OC1. The normalized spacial score (nSPS) is 20.9. The van der Waals surface area contributed by atoms with Crippen LogP contribution in [0.5, 0.6) is 0 Å². The van der Waals surface area contributed by atoms with Gasteiger partial charge < -0.3 is 18.9 Å². The van der Waals surface area contributed by atoms with Crippen molar-refractivity contribution in [2.24, 2.45) is 0 Å². The lowest BCUT2D eigenvalue weighted by atomic mass is 10.2. The fourth-order valence-corrected chi connectivity index (χ4v) is 1.62. The molecule has 0 N–H and O–H groups in total. The molecule has 0 atom stereocenters. The third-order valence-corrected chi connectivity index (χ3v) is 2.72. The smallest absolute Gasteiger partial charge is 0.215 e. The monoisotopic (exact) mass is 224 g/mol. The van der Waals surface area contributed by atoms with E-state index in [0.717, 1.165) is 5.56 Å². The van der Waals surface area contributed by atoms with E-state index in [1.807, 2.05) is 30.3 Å². The predicted octanol–water partition coefficient (Wildman–Crippen LogP) is 1.72. The zero-order chi connectivity index (χ0) is 11.4. The number of benzene rings is 1. The Morgan fingerprint density at radius 3 is 2.12 bits per heavy atom. The van der Waals surface area contributed by atoms with Crippen LogP contribution in [0.25, 0.3) is 0 Å². The molecule has 0 unspecified atom stereocenters. The number of hydrogen-bond acceptors (Lipinski definition) is 4. The highest BCUT2D eigenvalue weighted by Gasteiger charge is 2.37. The van der Waals surface area contributed by atoms with Crippen molar-refractivity contribution >= 4 is 0 Å². The molecule has 0 radical (unpaired) electrons. The highest BCUT2D eigenvalue weighted by atomic mass is 16.8. The Labute approximate surface area is 95.1 Å². The number of hydrogen-bond donors (Lipinski definition) is 0. The van der Waals surface area contributed by atoms with Gasteiger partial charge in [-0.15, -0.1) is 0 Å². The Morgan fingerprint density at radius 1 is 1.06 bits per heavy atom. The lowest BCUT2D eigenvalue weighted by molar-refractivity contribution is -0.339. The van der Waals surface area contributed by atoms with Crippen LogP contribution in [-0.4, -0.2) is 33.2 Å². The molecule has 1 saturated heterocycles. The van der Waals surface area contributed by atoms with Crippen LogP contribution < -0.4 is 0 Å². The molecule has 0 amide bonds. The zero-order valence-corrected chi connectivity index (χ0v) is 9.51. The molecule has 16 heavy (non-hydrogen) atoms. The maximum absolute atomic E-state index is 5.59. The molecule has 2 rings (SSSR count). The summed E-state index contributed by atoms with van der Waals surface area (Å²) >= 11 is 0. The van der Waals surface area contributed by atoms with E-state index in [4.69, 9.17) is 18.9 Å². The standard InChI is InChI=1S/C12H16O4/c1-13-12(14-2)8-15-11(16-9-12)10-6-4-3-5-7-10/h3-7,11H,8-9H2,1-2H3. The molecule has 4 nitrogen and oxygen atoms in total. The third-order valence-electron chi connectivity index (χ3n) is 2.72. The molecule has 1 aromatic carbocycles. The predicted molar refractivity (Wildman–Crippen MR) is 57.8 cm³/mol. The van der Waals surface area contributed by atoms with Gasteiger partial charge in [0.2, 0.25) is 5.79 Å². The topological polar surface area (TPSA) is 36.9 Å². The van der Waals surface area contributed by atoms with E-state index in [-0.39, 0.29) is 6.29 Å². The van der Waals surface area contributed by atoms with Gasteiger partial charge in [-0.25, -0.2) is 0 Å². The van der Waals surface area contributed by atoms with Gasteiger partial charge in [0, 0.05) is 19.8 Å². The summed E-state index contributed by atoms with van der Waals surface area (Å²) in [7, 11) is 3.16. The molecule has 0 aromatic heterocycles. The zero-order valence-electron chi connectivity index (χ0n) is 9.51. The van der Waals surface area contributed by atoms with Crippen LogP contribution in [0.1, 0.15) is 11.9 Å². The fraction of sp³-hybridized carbons (Fsp3) is 0.500. The minimum Gasteiger partial charge on any atom is -0.349 e. The first-order valence-electron chi connectivity index (χ1n) is 5.18. The summed E-state index contributed by atoms with van der Waals surface area (Å²) in [6.07, 6.45) is -0.334. The summed E-state index contributed by atoms with van der Waals surface area (Å²) in [4.78, 5) is 0. The first-order valence-corrected chi connectivity index (χ1v) is 5.18. The molecule has 1 aliphatic rings. The maximum atomic E-state index is 5.59. The molecule has 0 spiro atoms. The Hall–Kier alpha value is -0.940. The lowest BCUT2D eigenvalue weighted by Gasteiger charge is -2.37. The number of rotatable bonds is 3. The quantitative estimate of drug-likeness (QED) is 0.732. The fourth-order valence-electron chi connectivity index (χ4n) is 1.62. The lowest BCUT2D eigenvalue weighted by Crippen LogP contribution is -2.48. The van der Waals surface area contributed by atoms with E-state index in [2.05, 4.69) is 0 Å². The van der Waals surface area contributed by atoms with Crippen LogP contribution >= 0.6 is 0 Å². The second-order valence-corrected chi connectivity index (χ2v) is 3.68. The molecule has 1 fully saturated rings. The van der Waals surface area contributed by atoms with E-state index in [1.165, 1.54) is 0 Å². The minimum absolute atomic E-state index is 0.334. The average Bonchev–Trinajstić information content (AvgIpc) is 2.40. The van der Waals surface area contributed by atoms with Crippen LogP contribution in [0.4, 0.5) is 0 Å². The molecule has 0 saturated carbocycles. The molecule has 0 aliphatic carbocycles. The van der Waals surface area contributed by atoms with Gasteiger partial charge in [0.25, 0.3) is 0 Å². The Bertz CT molecular complexity index is 311. The van der Waals surface area contributed by atoms with Crippen molar-refractivity contribution in [3.8, 4) is 0 Å². The molecule has 1 heterocycles. The Kier molecular flexibility index (Phi) is 3.56. The summed E-state index contributed by atoms with van der Waals surface area (Å²) < 4.78 is 21.7. The van der Waals surface area contributed by atoms with Gasteiger partial charge in [0.1, 0.15) is 13.2 Å². The molecule has 0 bridgehead atoms. The Morgan fingerprint density at radius 2 is 1.62 bits per heavy atom. The van der Waals surface area contributed by atoms with Crippen molar-refractivity contribution in [3.63, 3.8) is 0 Å². The van der Waals surface area contributed by atoms with E-state index >= 15 is 0 Å². The second kappa shape index (κ2) is 4.93. The first kappa shape index (κ1) is 11.5. The van der Waals surface area contributed by atoms with Gasteiger partial charge in [-0.05, 0) is 0 Å². The van der Waals surface area contributed by atoms with Crippen LogP contribution in [0.2, 0.25) is 0 Å². The van der Waals surface area contributed by atoms with Crippen LogP contribution in [0, 0.1) is 0 Å². The van der Waals surface area contributed by atoms with Crippen molar-refractivity contribution in [1.29, 1.82) is 0 Å². The minimum atomic E-state index is -0.773. The second-order valence-electron chi connectivity index (χ2n) is 3.68. The van der Waals surface area contributed by atoms with Gasteiger partial charge in [-0.1, -0.05) is 30.3 Å². The van der Waals surface area contributed by atoms with E-state index in [9.17, 15) is 0 Å². The Balaban J connectivity index is 2.00. The summed E-state index contributed by atoms with van der Waals surface area (Å²) in [6.45, 7) is 0.721. The van der Waals surface area contributed by atoms with Gasteiger partial charge in [-0.2, -0.15) is 0 Å². The molecule has 88 valence electrons.